The van der Waals surface area contributed by atoms with Crippen molar-refractivity contribution in [1.29, 1.82) is 0 Å². The molecule has 1 unspecified atom stereocenters. The fourth-order valence-electron chi connectivity index (χ4n) is 1.14. The first kappa shape index (κ1) is 10.7. The third-order valence-corrected chi connectivity index (χ3v) is 1.86. The molecule has 3 N–H and O–H groups in total. The molecule has 0 aromatic heterocycles. The number of nitrogens with one attached hydrogen (secondary N) is 1. The number of nitrogens with two attached hydrogens (primary N) is 1. The van der Waals surface area contributed by atoms with Crippen LogP contribution in [0.5, 0.6) is 0 Å². The number of hydrogen-bond donors (Lipinski definition) is 2. The predicted molar refractivity (Wildman–Crippen MR) is 57.2 cm³/mol. The van der Waals surface area contributed by atoms with E-state index in [-0.39, 0.29) is 11.9 Å². The molecule has 14 heavy (non-hydrogen) atoms. The van der Waals surface area contributed by atoms with Crippen molar-refractivity contribution in [2.24, 2.45) is 5.73 Å². The summed E-state index contributed by atoms with van der Waals surface area (Å²) < 4.78 is 0. The van der Waals surface area contributed by atoms with Gasteiger partial charge in [0.1, 0.15) is 0 Å². The summed E-state index contributed by atoms with van der Waals surface area (Å²) in [5, 5.41) is 2.76. The minimum absolute atomic E-state index is 0.0104. The van der Waals surface area contributed by atoms with Crippen LogP contribution in [0, 0.1) is 6.92 Å². The quantitative estimate of drug-likeness (QED) is 0.752. The molecule has 3 nitrogen and oxygen atoms in total. The predicted octanol–water partition coefficient (Wildman–Crippen LogP) is 1.07. The molecule has 3 heteroatoms. The van der Waals surface area contributed by atoms with E-state index < -0.39 is 0 Å². The number of hydrogen-bond acceptors (Lipinski definition) is 2. The summed E-state index contributed by atoms with van der Waals surface area (Å²) in [6.45, 7) is 4.33. The van der Waals surface area contributed by atoms with Crippen molar-refractivity contribution in [2.45, 2.75) is 19.9 Å². The number of benzene rings is 1. The van der Waals surface area contributed by atoms with Crippen molar-refractivity contribution in [2.75, 3.05) is 6.54 Å². The van der Waals surface area contributed by atoms with Crippen molar-refractivity contribution >= 4 is 5.91 Å². The van der Waals surface area contributed by atoms with Gasteiger partial charge < -0.3 is 11.1 Å². The lowest BCUT2D eigenvalue weighted by atomic mass is 10.1. The second kappa shape index (κ2) is 4.77. The molecule has 0 saturated heterocycles. The molecule has 1 amide bonds. The molecule has 0 fully saturated rings. The van der Waals surface area contributed by atoms with Crippen LogP contribution in [0.15, 0.2) is 24.3 Å². The first-order chi connectivity index (χ1) is 6.59. The molecule has 1 aromatic carbocycles. The van der Waals surface area contributed by atoms with Crippen molar-refractivity contribution in [3.63, 3.8) is 0 Å². The Morgan fingerprint density at radius 1 is 1.57 bits per heavy atom. The van der Waals surface area contributed by atoms with Crippen LogP contribution in [-0.4, -0.2) is 18.5 Å². The SMILES string of the molecule is Cc1cccc(C(=O)NCC(C)N)c1. The first-order valence-electron chi connectivity index (χ1n) is 4.70. The van der Waals surface area contributed by atoms with E-state index >= 15 is 0 Å². The third kappa shape index (κ3) is 3.18. The molecule has 0 aliphatic heterocycles. The van der Waals surface area contributed by atoms with Crippen molar-refractivity contribution in [3.05, 3.63) is 35.4 Å². The molecule has 0 bridgehead atoms. The highest BCUT2D eigenvalue weighted by Gasteiger charge is 2.04. The van der Waals surface area contributed by atoms with E-state index in [4.69, 9.17) is 5.73 Å². The lowest BCUT2D eigenvalue weighted by molar-refractivity contribution is 0.0951. The van der Waals surface area contributed by atoms with Crippen molar-refractivity contribution in [3.8, 4) is 0 Å². The summed E-state index contributed by atoms with van der Waals surface area (Å²) in [6.07, 6.45) is 0. The van der Waals surface area contributed by atoms with E-state index in [1.54, 1.807) is 6.07 Å². The molecule has 0 heterocycles. The van der Waals surface area contributed by atoms with Crippen LogP contribution in [0.4, 0.5) is 0 Å². The normalized spacial score (nSPS) is 12.2. The van der Waals surface area contributed by atoms with Gasteiger partial charge in [0.25, 0.3) is 5.91 Å². The molecular weight excluding hydrogens is 176 g/mol. The monoisotopic (exact) mass is 192 g/mol. The van der Waals surface area contributed by atoms with Crippen LogP contribution in [-0.2, 0) is 0 Å². The zero-order chi connectivity index (χ0) is 10.6. The molecule has 1 aromatic rings. The Hall–Kier alpha value is -1.35. The highest BCUT2D eigenvalue weighted by atomic mass is 16.1. The molecule has 0 aliphatic carbocycles. The van der Waals surface area contributed by atoms with E-state index in [1.165, 1.54) is 0 Å². The van der Waals surface area contributed by atoms with E-state index in [0.29, 0.717) is 12.1 Å². The van der Waals surface area contributed by atoms with Gasteiger partial charge in [-0.2, -0.15) is 0 Å². The standard InChI is InChI=1S/C11H16N2O/c1-8-4-3-5-10(6-8)11(14)13-7-9(2)12/h3-6,9H,7,12H2,1-2H3,(H,13,14). The number of carbonyl (C=O) groups is 1. The average Bonchev–Trinajstić information content (AvgIpc) is 2.14. The maximum Gasteiger partial charge on any atom is 0.251 e. The maximum absolute atomic E-state index is 11.5. The van der Waals surface area contributed by atoms with E-state index in [0.717, 1.165) is 5.56 Å². The number of rotatable bonds is 3. The molecule has 0 aliphatic rings. The second-order valence-corrected chi connectivity index (χ2v) is 3.56. The Bertz CT molecular complexity index is 321. The number of carbonyl (C=O) groups excluding carboxylic acids is 1. The Morgan fingerprint density at radius 3 is 2.86 bits per heavy atom. The summed E-state index contributed by atoms with van der Waals surface area (Å²) >= 11 is 0. The molecule has 76 valence electrons. The molecule has 1 rings (SSSR count). The second-order valence-electron chi connectivity index (χ2n) is 3.56. The minimum atomic E-state index is -0.0639. The Morgan fingerprint density at radius 2 is 2.29 bits per heavy atom. The summed E-state index contributed by atoms with van der Waals surface area (Å²) in [4.78, 5) is 11.5. The zero-order valence-corrected chi connectivity index (χ0v) is 8.58. The Labute approximate surface area is 84.3 Å². The molecule has 0 radical (unpaired) electrons. The molecular formula is C11H16N2O. The van der Waals surface area contributed by atoms with Gasteiger partial charge in [0.15, 0.2) is 0 Å². The van der Waals surface area contributed by atoms with Gasteiger partial charge in [-0.05, 0) is 26.0 Å². The van der Waals surface area contributed by atoms with Crippen LogP contribution < -0.4 is 11.1 Å². The molecule has 0 saturated carbocycles. The molecule has 1 atom stereocenters. The van der Waals surface area contributed by atoms with Gasteiger partial charge in [0, 0.05) is 18.2 Å². The van der Waals surface area contributed by atoms with Gasteiger partial charge in [0.2, 0.25) is 0 Å². The largest absolute Gasteiger partial charge is 0.350 e. The molecule has 0 spiro atoms. The lowest BCUT2D eigenvalue weighted by Gasteiger charge is -2.07. The smallest absolute Gasteiger partial charge is 0.251 e. The summed E-state index contributed by atoms with van der Waals surface area (Å²) in [5.74, 6) is -0.0639. The number of amides is 1. The first-order valence-corrected chi connectivity index (χ1v) is 4.70. The van der Waals surface area contributed by atoms with E-state index in [1.807, 2.05) is 32.0 Å². The van der Waals surface area contributed by atoms with Gasteiger partial charge in [-0.1, -0.05) is 17.7 Å². The Balaban J connectivity index is 2.61. The topological polar surface area (TPSA) is 55.1 Å². The van der Waals surface area contributed by atoms with Gasteiger partial charge >= 0.3 is 0 Å². The lowest BCUT2D eigenvalue weighted by Crippen LogP contribution is -2.35. The van der Waals surface area contributed by atoms with Crippen LogP contribution in [0.3, 0.4) is 0 Å². The van der Waals surface area contributed by atoms with Crippen LogP contribution in [0.2, 0.25) is 0 Å². The summed E-state index contributed by atoms with van der Waals surface area (Å²) in [7, 11) is 0. The Kier molecular flexibility index (Phi) is 3.65. The van der Waals surface area contributed by atoms with Crippen molar-refractivity contribution in [1.82, 2.24) is 5.32 Å². The van der Waals surface area contributed by atoms with Gasteiger partial charge in [-0.15, -0.1) is 0 Å². The van der Waals surface area contributed by atoms with Gasteiger partial charge in [-0.3, -0.25) is 4.79 Å². The van der Waals surface area contributed by atoms with Crippen LogP contribution in [0.25, 0.3) is 0 Å². The van der Waals surface area contributed by atoms with E-state index in [9.17, 15) is 4.79 Å². The van der Waals surface area contributed by atoms with Gasteiger partial charge in [0.05, 0.1) is 0 Å². The van der Waals surface area contributed by atoms with E-state index in [2.05, 4.69) is 5.32 Å². The van der Waals surface area contributed by atoms with Crippen LogP contribution in [0.1, 0.15) is 22.8 Å². The third-order valence-electron chi connectivity index (χ3n) is 1.86. The van der Waals surface area contributed by atoms with Crippen LogP contribution >= 0.6 is 0 Å². The number of aryl methyl sites for hydroxylation is 1. The summed E-state index contributed by atoms with van der Waals surface area (Å²) in [6, 6.07) is 7.47. The minimum Gasteiger partial charge on any atom is -0.350 e. The highest BCUT2D eigenvalue weighted by Crippen LogP contribution is 2.03. The highest BCUT2D eigenvalue weighted by molar-refractivity contribution is 5.94. The van der Waals surface area contributed by atoms with Crippen molar-refractivity contribution < 1.29 is 4.79 Å². The average molecular weight is 192 g/mol. The maximum atomic E-state index is 11.5. The van der Waals surface area contributed by atoms with Gasteiger partial charge in [-0.25, -0.2) is 0 Å². The fraction of sp³-hybridized carbons (Fsp3) is 0.364. The zero-order valence-electron chi connectivity index (χ0n) is 8.58. The fourth-order valence-corrected chi connectivity index (χ4v) is 1.14. The summed E-state index contributed by atoms with van der Waals surface area (Å²) in [5.41, 5.74) is 7.30.